The maximum atomic E-state index is 5.84. The first-order chi connectivity index (χ1) is 7.99. The zero-order chi connectivity index (χ0) is 12.6. The Kier molecular flexibility index (Phi) is 2.92. The molecule has 2 rings (SSSR count). The normalized spacial score (nSPS) is 11.1. The Morgan fingerprint density at radius 2 is 1.94 bits per heavy atom. The summed E-state index contributed by atoms with van der Waals surface area (Å²) in [6.45, 7) is 8.33. The van der Waals surface area contributed by atoms with Crippen LogP contribution in [-0.4, -0.2) is 9.78 Å². The second-order valence-corrected chi connectivity index (χ2v) is 4.77. The van der Waals surface area contributed by atoms with E-state index >= 15 is 0 Å². The lowest BCUT2D eigenvalue weighted by molar-refractivity contribution is 0.529. The van der Waals surface area contributed by atoms with Gasteiger partial charge in [-0.2, -0.15) is 5.10 Å². The molecule has 0 radical (unpaired) electrons. The fourth-order valence-electron chi connectivity index (χ4n) is 1.87. The Labute approximate surface area is 102 Å². The number of rotatable bonds is 2. The molecule has 0 aliphatic carbocycles. The summed E-state index contributed by atoms with van der Waals surface area (Å²) in [7, 11) is 0. The van der Waals surface area contributed by atoms with E-state index in [1.165, 1.54) is 11.1 Å². The van der Waals surface area contributed by atoms with Crippen molar-refractivity contribution in [2.45, 2.75) is 33.7 Å². The zero-order valence-electron chi connectivity index (χ0n) is 10.9. The molecule has 1 aromatic heterocycles. The summed E-state index contributed by atoms with van der Waals surface area (Å²) in [6.07, 6.45) is 2.10. The molecule has 90 valence electrons. The highest BCUT2D eigenvalue weighted by Gasteiger charge is 2.09. The lowest BCUT2D eigenvalue weighted by Crippen LogP contribution is -2.00. The summed E-state index contributed by atoms with van der Waals surface area (Å²) in [4.78, 5) is 0. The van der Waals surface area contributed by atoms with Crippen molar-refractivity contribution < 1.29 is 0 Å². The SMILES string of the molecule is Cc1cc(-c2cn(C(C)C)nc2C)ccc1N. The van der Waals surface area contributed by atoms with Gasteiger partial charge in [-0.05, 0) is 51.0 Å². The molecule has 0 atom stereocenters. The molecule has 0 amide bonds. The number of anilines is 1. The minimum absolute atomic E-state index is 0.386. The van der Waals surface area contributed by atoms with Crippen molar-refractivity contribution in [1.82, 2.24) is 9.78 Å². The molecule has 0 saturated heterocycles. The first kappa shape index (κ1) is 11.7. The summed E-state index contributed by atoms with van der Waals surface area (Å²) in [5.74, 6) is 0. The van der Waals surface area contributed by atoms with Crippen LogP contribution in [0.3, 0.4) is 0 Å². The third kappa shape index (κ3) is 2.18. The Morgan fingerprint density at radius 1 is 1.24 bits per heavy atom. The van der Waals surface area contributed by atoms with E-state index in [2.05, 4.69) is 37.3 Å². The molecule has 0 unspecified atom stereocenters. The largest absolute Gasteiger partial charge is 0.399 e. The van der Waals surface area contributed by atoms with Crippen molar-refractivity contribution in [2.75, 3.05) is 5.73 Å². The smallest absolute Gasteiger partial charge is 0.0672 e. The van der Waals surface area contributed by atoms with Gasteiger partial charge in [0.05, 0.1) is 5.69 Å². The number of nitrogens with two attached hydrogens (primary N) is 1. The number of nitrogens with zero attached hydrogens (tertiary/aromatic N) is 2. The summed E-state index contributed by atoms with van der Waals surface area (Å²) in [5.41, 5.74) is 11.2. The molecule has 0 bridgehead atoms. The quantitative estimate of drug-likeness (QED) is 0.803. The van der Waals surface area contributed by atoms with Crippen molar-refractivity contribution in [1.29, 1.82) is 0 Å². The van der Waals surface area contributed by atoms with Gasteiger partial charge in [0.25, 0.3) is 0 Å². The maximum absolute atomic E-state index is 5.84. The van der Waals surface area contributed by atoms with Crippen molar-refractivity contribution in [3.8, 4) is 11.1 Å². The van der Waals surface area contributed by atoms with E-state index in [4.69, 9.17) is 5.73 Å². The summed E-state index contributed by atoms with van der Waals surface area (Å²) < 4.78 is 2.00. The molecule has 2 aromatic rings. The fourth-order valence-corrected chi connectivity index (χ4v) is 1.87. The Hall–Kier alpha value is -1.77. The van der Waals surface area contributed by atoms with Gasteiger partial charge < -0.3 is 5.73 Å². The van der Waals surface area contributed by atoms with Crippen LogP contribution in [-0.2, 0) is 0 Å². The van der Waals surface area contributed by atoms with E-state index in [1.807, 2.05) is 24.6 Å². The first-order valence-corrected chi connectivity index (χ1v) is 5.91. The van der Waals surface area contributed by atoms with E-state index in [1.54, 1.807) is 0 Å². The molecule has 0 spiro atoms. The van der Waals surface area contributed by atoms with Crippen LogP contribution in [0.25, 0.3) is 11.1 Å². The molecular formula is C14H19N3. The predicted octanol–water partition coefficient (Wildman–Crippen LogP) is 3.33. The molecule has 1 aromatic carbocycles. The highest BCUT2D eigenvalue weighted by atomic mass is 15.3. The van der Waals surface area contributed by atoms with Crippen LogP contribution < -0.4 is 5.73 Å². The minimum Gasteiger partial charge on any atom is -0.399 e. The van der Waals surface area contributed by atoms with Gasteiger partial charge in [-0.3, -0.25) is 4.68 Å². The van der Waals surface area contributed by atoms with Crippen LogP contribution in [0.2, 0.25) is 0 Å². The number of benzene rings is 1. The van der Waals surface area contributed by atoms with Crippen LogP contribution in [0.4, 0.5) is 5.69 Å². The van der Waals surface area contributed by atoms with E-state index in [-0.39, 0.29) is 0 Å². The topological polar surface area (TPSA) is 43.8 Å². The molecule has 0 aliphatic heterocycles. The highest BCUT2D eigenvalue weighted by molar-refractivity contribution is 5.68. The van der Waals surface area contributed by atoms with E-state index < -0.39 is 0 Å². The van der Waals surface area contributed by atoms with Crippen LogP contribution in [0.1, 0.15) is 31.1 Å². The van der Waals surface area contributed by atoms with Crippen LogP contribution >= 0.6 is 0 Å². The molecule has 0 aliphatic rings. The van der Waals surface area contributed by atoms with Gasteiger partial charge in [-0.25, -0.2) is 0 Å². The second kappa shape index (κ2) is 4.24. The summed E-state index contributed by atoms with van der Waals surface area (Å²) in [5, 5.41) is 4.52. The number of aromatic nitrogens is 2. The lowest BCUT2D eigenvalue weighted by Gasteiger charge is -2.04. The van der Waals surface area contributed by atoms with Crippen molar-refractivity contribution in [2.24, 2.45) is 0 Å². The minimum atomic E-state index is 0.386. The average molecular weight is 229 g/mol. The van der Waals surface area contributed by atoms with Crippen LogP contribution in [0.15, 0.2) is 24.4 Å². The zero-order valence-corrected chi connectivity index (χ0v) is 10.9. The van der Waals surface area contributed by atoms with Gasteiger partial charge in [0.1, 0.15) is 0 Å². The van der Waals surface area contributed by atoms with Gasteiger partial charge >= 0.3 is 0 Å². The van der Waals surface area contributed by atoms with E-state index in [0.29, 0.717) is 6.04 Å². The monoisotopic (exact) mass is 229 g/mol. The fraction of sp³-hybridized carbons (Fsp3) is 0.357. The Bertz CT molecular complexity index is 538. The highest BCUT2D eigenvalue weighted by Crippen LogP contribution is 2.26. The van der Waals surface area contributed by atoms with Gasteiger partial charge in [0, 0.05) is 23.5 Å². The molecule has 2 N–H and O–H groups in total. The van der Waals surface area contributed by atoms with Gasteiger partial charge in [-0.1, -0.05) is 6.07 Å². The van der Waals surface area contributed by atoms with E-state index in [9.17, 15) is 0 Å². The Balaban J connectivity index is 2.49. The molecule has 3 heteroatoms. The maximum Gasteiger partial charge on any atom is 0.0672 e. The van der Waals surface area contributed by atoms with Crippen LogP contribution in [0, 0.1) is 13.8 Å². The number of nitrogen functional groups attached to an aromatic ring is 1. The lowest BCUT2D eigenvalue weighted by atomic mass is 10.0. The third-order valence-corrected chi connectivity index (χ3v) is 3.03. The van der Waals surface area contributed by atoms with Crippen molar-refractivity contribution in [3.63, 3.8) is 0 Å². The molecule has 3 nitrogen and oxygen atoms in total. The first-order valence-electron chi connectivity index (χ1n) is 5.91. The molecule has 0 fully saturated rings. The second-order valence-electron chi connectivity index (χ2n) is 4.77. The standard InChI is InChI=1S/C14H19N3/c1-9(2)17-8-13(11(4)16-17)12-5-6-14(15)10(3)7-12/h5-9H,15H2,1-4H3. The predicted molar refractivity (Wildman–Crippen MR) is 71.9 cm³/mol. The molecule has 0 saturated carbocycles. The van der Waals surface area contributed by atoms with Crippen molar-refractivity contribution in [3.05, 3.63) is 35.7 Å². The van der Waals surface area contributed by atoms with Gasteiger partial charge in [0.15, 0.2) is 0 Å². The summed E-state index contributed by atoms with van der Waals surface area (Å²) in [6, 6.07) is 6.51. The number of aryl methyl sites for hydroxylation is 2. The van der Waals surface area contributed by atoms with Crippen LogP contribution in [0.5, 0.6) is 0 Å². The van der Waals surface area contributed by atoms with Gasteiger partial charge in [-0.15, -0.1) is 0 Å². The van der Waals surface area contributed by atoms with Gasteiger partial charge in [0.2, 0.25) is 0 Å². The number of hydrogen-bond acceptors (Lipinski definition) is 2. The third-order valence-electron chi connectivity index (χ3n) is 3.03. The van der Waals surface area contributed by atoms with Crippen molar-refractivity contribution >= 4 is 5.69 Å². The molecule has 17 heavy (non-hydrogen) atoms. The molecular weight excluding hydrogens is 210 g/mol. The molecule has 1 heterocycles. The summed E-state index contributed by atoms with van der Waals surface area (Å²) >= 11 is 0. The Morgan fingerprint density at radius 3 is 2.47 bits per heavy atom. The average Bonchev–Trinajstić information content (AvgIpc) is 2.65. The number of hydrogen-bond donors (Lipinski definition) is 1. The van der Waals surface area contributed by atoms with E-state index in [0.717, 1.165) is 16.9 Å².